The largest absolute Gasteiger partial charge is 0 e. The maximum absolute atomic E-state index is 8.28. The normalized spacial score (nSPS) is 0.750. The second kappa shape index (κ2) is 22.6. The van der Waals surface area contributed by atoms with E-state index in [-0.39, 0.29) is 41.2 Å². The molecule has 0 radical (unpaired) electrons. The van der Waals surface area contributed by atoms with Crippen LogP contribution >= 0.6 is 0 Å². The fourth-order valence-electron chi connectivity index (χ4n) is 0. The molecule has 0 saturated carbocycles. The van der Waals surface area contributed by atoms with Gasteiger partial charge in [-0.25, -0.2) is 0 Å². The molecule has 16 valence electrons. The fourth-order valence-corrected chi connectivity index (χ4v) is 0. The van der Waals surface area contributed by atoms with E-state index in [1.54, 1.807) is 0 Å². The molecule has 0 atom stereocenters. The summed E-state index contributed by atoms with van der Waals surface area (Å²) in [7, 11) is 0. The van der Waals surface area contributed by atoms with E-state index in [4.69, 9.17) is 3.80 Å². The molecule has 0 bridgehead atoms. The first-order chi connectivity index (χ1) is 1.00. The van der Waals surface area contributed by atoms with E-state index in [0.717, 1.165) is 0 Å². The van der Waals surface area contributed by atoms with E-state index in [9.17, 15) is 0 Å². The van der Waals surface area contributed by atoms with Crippen LogP contribution in [0, 0.1) is 0 Å². The van der Waals surface area contributed by atoms with Crippen molar-refractivity contribution in [1.82, 2.24) is 0 Å². The van der Waals surface area contributed by atoms with Crippen molar-refractivity contribution >= 4 is 16.2 Å². The van der Waals surface area contributed by atoms with E-state index in [1.807, 2.05) is 0 Å². The van der Waals surface area contributed by atoms with Crippen LogP contribution in [0.2, 0.25) is 0 Å². The van der Waals surface area contributed by atoms with E-state index in [1.165, 1.54) is 0 Å². The van der Waals surface area contributed by atoms with Crippen molar-refractivity contribution < 1.29 is 45.0 Å². The van der Waals surface area contributed by atoms with Gasteiger partial charge in [0, 0.05) is 41.2 Å². The fraction of sp³-hybridized carbons (Fsp3) is 0. The van der Waals surface area contributed by atoms with Crippen LogP contribution in [0.4, 0.5) is 0 Å². The van der Waals surface area contributed by atoms with Crippen molar-refractivity contribution in [3.63, 3.8) is 0 Å². The van der Waals surface area contributed by atoms with E-state index < -0.39 is 0 Å². The van der Waals surface area contributed by atoms with Gasteiger partial charge in [-0.1, -0.05) is 0 Å². The van der Waals surface area contributed by atoms with Crippen LogP contribution in [0.1, 0.15) is 0 Å². The maximum atomic E-state index is 8.28. The second-order valence-electron chi connectivity index (χ2n) is 0. The monoisotopic (exact) mass is 156 g/mol. The minimum Gasteiger partial charge on any atom is 0 e. The summed E-state index contributed by atoms with van der Waals surface area (Å²) in [4.78, 5) is 0. The second-order valence-corrected chi connectivity index (χ2v) is 0. The quantitative estimate of drug-likeness (QED) is 0.422. The molecule has 0 aliphatic heterocycles. The van der Waals surface area contributed by atoms with Crippen molar-refractivity contribution in [2.75, 3.05) is 0 Å². The topological polar surface area (TPSA) is 17.1 Å². The zero-order chi connectivity index (χ0) is 2.00. The molecule has 0 N–H and O–H groups in total. The van der Waals surface area contributed by atoms with Crippen molar-refractivity contribution in [1.29, 1.82) is 0 Å². The smallest absolute Gasteiger partial charge is 0 e. The molecule has 0 saturated heterocycles. The molecular formula is HAlOTiZn. The van der Waals surface area contributed by atoms with E-state index in [0.29, 0.717) is 16.2 Å². The number of hydrogen-bond acceptors (Lipinski definition) is 1. The zero-order valence-electron chi connectivity index (χ0n) is 2.32. The molecule has 0 heterocycles. The van der Waals surface area contributed by atoms with Gasteiger partial charge in [0.25, 0.3) is 0 Å². The van der Waals surface area contributed by atoms with E-state index >= 15 is 0 Å². The summed E-state index contributed by atoms with van der Waals surface area (Å²) in [6.07, 6.45) is 0. The Morgan fingerprint density at radius 2 is 1.25 bits per heavy atom. The van der Waals surface area contributed by atoms with Crippen molar-refractivity contribution in [3.05, 3.63) is 0 Å². The Morgan fingerprint density at radius 1 is 1.25 bits per heavy atom. The molecule has 0 spiro atoms. The van der Waals surface area contributed by atoms with Crippen LogP contribution in [0.3, 0.4) is 0 Å². The summed E-state index contributed by atoms with van der Waals surface area (Å²) in [6, 6.07) is 0. The minimum absolute atomic E-state index is 0. The van der Waals surface area contributed by atoms with Gasteiger partial charge in [-0.05, 0) is 0 Å². The SMILES string of the molecule is [O]=[AlH].[Ti].[Zn]. The number of hydrogen-bond donors (Lipinski definition) is 0. The molecular weight excluding hydrogens is 156 g/mol. The molecule has 0 amide bonds. The van der Waals surface area contributed by atoms with Gasteiger partial charge >= 0.3 is 20.0 Å². The summed E-state index contributed by atoms with van der Waals surface area (Å²) in [5, 5.41) is 0. The average Bonchev–Trinajstić information content (AvgIpc) is 1.00. The third-order valence-corrected chi connectivity index (χ3v) is 0. The Labute approximate surface area is 60.8 Å². The molecule has 0 rings (SSSR count). The molecule has 0 aliphatic rings. The average molecular weight is 157 g/mol. The van der Waals surface area contributed by atoms with Gasteiger partial charge in [-0.3, -0.25) is 0 Å². The summed E-state index contributed by atoms with van der Waals surface area (Å²) in [5.41, 5.74) is 0. The molecule has 1 nitrogen and oxygen atoms in total. The predicted octanol–water partition coefficient (Wildman–Crippen LogP) is -0.772. The Balaban J connectivity index is -0.00000000500. The van der Waals surface area contributed by atoms with Gasteiger partial charge in [-0.15, -0.1) is 0 Å². The summed E-state index contributed by atoms with van der Waals surface area (Å²) >= 11 is 0.611. The third-order valence-electron chi connectivity index (χ3n) is 0. The van der Waals surface area contributed by atoms with Crippen LogP contribution in [0.25, 0.3) is 0 Å². The molecule has 0 aromatic heterocycles. The Bertz CT molecular complexity index is 8.00. The summed E-state index contributed by atoms with van der Waals surface area (Å²) < 4.78 is 8.28. The van der Waals surface area contributed by atoms with Crippen molar-refractivity contribution in [2.24, 2.45) is 0 Å². The minimum atomic E-state index is 0. The Morgan fingerprint density at radius 3 is 1.25 bits per heavy atom. The van der Waals surface area contributed by atoms with E-state index in [2.05, 4.69) is 0 Å². The summed E-state index contributed by atoms with van der Waals surface area (Å²) in [6.45, 7) is 0. The zero-order valence-corrected chi connectivity index (χ0v) is 8.27. The van der Waals surface area contributed by atoms with Crippen LogP contribution in [-0.2, 0) is 45.0 Å². The first kappa shape index (κ1) is 17.3. The molecule has 0 aliphatic carbocycles. The molecule has 0 fully saturated rings. The maximum Gasteiger partial charge on any atom is 0 e. The first-order valence-electron chi connectivity index (χ1n) is 0.289. The van der Waals surface area contributed by atoms with Gasteiger partial charge in [0.05, 0.1) is 0 Å². The van der Waals surface area contributed by atoms with Crippen molar-refractivity contribution in [3.8, 4) is 0 Å². The van der Waals surface area contributed by atoms with Gasteiger partial charge < -0.3 is 0 Å². The van der Waals surface area contributed by atoms with Gasteiger partial charge in [0.2, 0.25) is 0 Å². The van der Waals surface area contributed by atoms with Crippen LogP contribution in [-0.4, -0.2) is 16.2 Å². The van der Waals surface area contributed by atoms with Crippen LogP contribution in [0.15, 0.2) is 0 Å². The standard InChI is InChI=1S/Al.O.Ti.Zn.H. The molecule has 4 heavy (non-hydrogen) atoms. The van der Waals surface area contributed by atoms with Gasteiger partial charge in [-0.2, -0.15) is 0 Å². The first-order valence-corrected chi connectivity index (χ1v) is 0.866. The van der Waals surface area contributed by atoms with Crippen molar-refractivity contribution in [2.45, 2.75) is 0 Å². The summed E-state index contributed by atoms with van der Waals surface area (Å²) in [5.74, 6) is 0. The molecule has 4 heteroatoms. The third kappa shape index (κ3) is 9.38. The Hall–Kier alpha value is 1.67. The predicted molar refractivity (Wildman–Crippen MR) is 7.84 cm³/mol. The molecule has 0 aromatic carbocycles. The van der Waals surface area contributed by atoms with Gasteiger partial charge in [0.15, 0.2) is 0 Å². The molecule has 0 unspecified atom stereocenters. The molecule has 0 aromatic rings. The van der Waals surface area contributed by atoms with Crippen LogP contribution in [0.5, 0.6) is 0 Å². The number of rotatable bonds is 0. The van der Waals surface area contributed by atoms with Crippen LogP contribution < -0.4 is 0 Å². The Kier molecular flexibility index (Phi) is 97.8. The van der Waals surface area contributed by atoms with Gasteiger partial charge in [0.1, 0.15) is 0 Å².